The summed E-state index contributed by atoms with van der Waals surface area (Å²) in [5.74, 6) is -0.107. The van der Waals surface area contributed by atoms with Crippen molar-refractivity contribution in [2.45, 2.75) is 0 Å². The molecule has 182 valence electrons. The maximum atomic E-state index is 12.2. The number of hydrogen-bond acceptors (Lipinski definition) is 7. The van der Waals surface area contributed by atoms with Gasteiger partial charge >= 0.3 is 0 Å². The number of rotatable bonds is 6. The Hall–Kier alpha value is -4.96. The van der Waals surface area contributed by atoms with Crippen molar-refractivity contribution < 1.29 is 4.79 Å². The van der Waals surface area contributed by atoms with Crippen molar-refractivity contribution in [2.75, 3.05) is 26.0 Å². The number of hydrogen-bond donors (Lipinski definition) is 3. The molecule has 0 radical (unpaired) electrons. The van der Waals surface area contributed by atoms with Gasteiger partial charge in [-0.25, -0.2) is 0 Å². The van der Waals surface area contributed by atoms with E-state index >= 15 is 0 Å². The van der Waals surface area contributed by atoms with Crippen LogP contribution in [-0.2, 0) is 4.79 Å². The fourth-order valence-corrected chi connectivity index (χ4v) is 4.34. The van der Waals surface area contributed by atoms with Gasteiger partial charge in [0, 0.05) is 52.2 Å². The Morgan fingerprint density at radius 1 is 0.865 bits per heavy atom. The van der Waals surface area contributed by atoms with Crippen LogP contribution >= 0.6 is 0 Å². The number of carbonyl (C=O) groups is 1. The van der Waals surface area contributed by atoms with Crippen LogP contribution in [0.15, 0.2) is 73.6 Å². The normalized spacial score (nSPS) is 11.4. The Morgan fingerprint density at radius 2 is 1.70 bits per heavy atom. The number of aromatic amines is 2. The van der Waals surface area contributed by atoms with Gasteiger partial charge in [0.2, 0.25) is 5.91 Å². The minimum atomic E-state index is -0.107. The van der Waals surface area contributed by atoms with Gasteiger partial charge in [0.25, 0.3) is 0 Å². The molecular weight excluding hydrogens is 466 g/mol. The third-order valence-electron chi connectivity index (χ3n) is 5.98. The van der Waals surface area contributed by atoms with E-state index in [1.165, 1.54) is 0 Å². The van der Waals surface area contributed by atoms with Crippen molar-refractivity contribution in [3.63, 3.8) is 0 Å². The first kappa shape index (κ1) is 22.5. The van der Waals surface area contributed by atoms with Gasteiger partial charge in [-0.1, -0.05) is 0 Å². The quantitative estimate of drug-likeness (QED) is 0.321. The molecule has 10 heteroatoms. The van der Waals surface area contributed by atoms with Crippen molar-refractivity contribution in [3.8, 4) is 33.9 Å². The summed E-state index contributed by atoms with van der Waals surface area (Å²) in [6, 6.07) is 11.8. The fourth-order valence-electron chi connectivity index (χ4n) is 4.34. The van der Waals surface area contributed by atoms with Gasteiger partial charge in [-0.2, -0.15) is 5.10 Å². The number of amides is 1. The molecule has 1 amide bonds. The van der Waals surface area contributed by atoms with E-state index in [2.05, 4.69) is 46.5 Å². The summed E-state index contributed by atoms with van der Waals surface area (Å²) >= 11 is 0. The van der Waals surface area contributed by atoms with Gasteiger partial charge in [-0.15, -0.1) is 0 Å². The second-order valence-electron chi connectivity index (χ2n) is 8.98. The summed E-state index contributed by atoms with van der Waals surface area (Å²) in [4.78, 5) is 35.1. The summed E-state index contributed by atoms with van der Waals surface area (Å²) in [7, 11) is 3.69. The lowest BCUT2D eigenvalue weighted by atomic mass is 10.1. The molecule has 37 heavy (non-hydrogen) atoms. The van der Waals surface area contributed by atoms with E-state index in [4.69, 9.17) is 0 Å². The first-order valence-corrected chi connectivity index (χ1v) is 11.7. The Bertz CT molecular complexity index is 1740. The van der Waals surface area contributed by atoms with E-state index in [0.29, 0.717) is 5.69 Å². The minimum Gasteiger partial charge on any atom is -0.353 e. The molecule has 0 bridgehead atoms. The SMILES string of the molecule is CN(C)CC(=O)Nc1cncc(-c2cc3c(-c4cc5c(-c6ccncc6)nccc5[nH]4)n[nH]c3cn2)c1. The summed E-state index contributed by atoms with van der Waals surface area (Å²) < 4.78 is 0. The highest BCUT2D eigenvalue weighted by Crippen LogP contribution is 2.33. The van der Waals surface area contributed by atoms with E-state index in [1.54, 1.807) is 37.2 Å². The Kier molecular flexibility index (Phi) is 5.62. The van der Waals surface area contributed by atoms with Crippen LogP contribution < -0.4 is 5.32 Å². The van der Waals surface area contributed by atoms with Crippen molar-refractivity contribution in [3.05, 3.63) is 73.6 Å². The summed E-state index contributed by atoms with van der Waals surface area (Å²) in [5.41, 5.74) is 7.42. The highest BCUT2D eigenvalue weighted by molar-refractivity contribution is 6.00. The lowest BCUT2D eigenvalue weighted by molar-refractivity contribution is -0.116. The van der Waals surface area contributed by atoms with Gasteiger partial charge in [0.15, 0.2) is 0 Å². The van der Waals surface area contributed by atoms with Crippen molar-refractivity contribution in [1.29, 1.82) is 0 Å². The van der Waals surface area contributed by atoms with E-state index in [-0.39, 0.29) is 12.5 Å². The molecule has 0 spiro atoms. The van der Waals surface area contributed by atoms with Gasteiger partial charge in [-0.05, 0) is 50.5 Å². The Morgan fingerprint density at radius 3 is 2.54 bits per heavy atom. The standard InChI is InChI=1S/C27H23N9O/c1-36(2)15-25(37)32-18-9-17(12-29-13-18)22-10-20-24(14-31-22)34-35-27(20)23-11-19-21(33-23)5-8-30-26(19)16-3-6-28-7-4-16/h3-14,33H,15H2,1-2H3,(H,32,37)(H,34,35). The predicted octanol–water partition coefficient (Wildman–Crippen LogP) is 4.13. The molecule has 0 saturated carbocycles. The number of nitrogens with zero attached hydrogens (tertiary/aromatic N) is 6. The molecule has 10 nitrogen and oxygen atoms in total. The van der Waals surface area contributed by atoms with E-state index in [1.807, 2.05) is 49.3 Å². The van der Waals surface area contributed by atoms with Crippen LogP contribution in [0.1, 0.15) is 0 Å². The van der Waals surface area contributed by atoms with E-state index in [0.717, 1.165) is 55.7 Å². The fraction of sp³-hybridized carbons (Fsp3) is 0.111. The number of pyridine rings is 4. The molecule has 6 aromatic rings. The molecule has 0 aliphatic carbocycles. The molecule has 0 aromatic carbocycles. The lowest BCUT2D eigenvalue weighted by Crippen LogP contribution is -2.27. The molecular formula is C27H23N9O. The molecule has 3 N–H and O–H groups in total. The van der Waals surface area contributed by atoms with Crippen molar-refractivity contribution in [1.82, 2.24) is 40.0 Å². The average Bonchev–Trinajstić information content (AvgIpc) is 3.52. The molecule has 0 aliphatic heterocycles. The van der Waals surface area contributed by atoms with Gasteiger partial charge in [0.1, 0.15) is 5.69 Å². The number of aromatic nitrogens is 7. The Labute approximate surface area is 211 Å². The van der Waals surface area contributed by atoms with Crippen LogP contribution in [0.3, 0.4) is 0 Å². The number of anilines is 1. The van der Waals surface area contributed by atoms with E-state index < -0.39 is 0 Å². The topological polar surface area (TPSA) is 128 Å². The molecule has 6 heterocycles. The van der Waals surface area contributed by atoms with Crippen LogP contribution in [0.5, 0.6) is 0 Å². The van der Waals surface area contributed by atoms with Gasteiger partial charge in [-0.3, -0.25) is 29.8 Å². The summed E-state index contributed by atoms with van der Waals surface area (Å²) in [5, 5.41) is 12.5. The largest absolute Gasteiger partial charge is 0.353 e. The van der Waals surface area contributed by atoms with Gasteiger partial charge in [0.05, 0.1) is 47.2 Å². The second kappa shape index (κ2) is 9.25. The predicted molar refractivity (Wildman–Crippen MR) is 143 cm³/mol. The zero-order valence-electron chi connectivity index (χ0n) is 20.2. The number of likely N-dealkylation sites (N-methyl/N-ethyl adjacent to an activating group) is 1. The van der Waals surface area contributed by atoms with Crippen LogP contribution in [0.2, 0.25) is 0 Å². The molecule has 0 unspecified atom stereocenters. The number of carbonyl (C=O) groups excluding carboxylic acids is 1. The maximum absolute atomic E-state index is 12.2. The first-order valence-electron chi connectivity index (χ1n) is 11.7. The smallest absolute Gasteiger partial charge is 0.238 e. The van der Waals surface area contributed by atoms with Crippen LogP contribution in [-0.4, -0.2) is 66.6 Å². The third kappa shape index (κ3) is 4.41. The number of fused-ring (bicyclic) bond motifs is 2. The maximum Gasteiger partial charge on any atom is 0.238 e. The second-order valence-corrected chi connectivity index (χ2v) is 8.98. The monoisotopic (exact) mass is 489 g/mol. The molecule has 0 fully saturated rings. The lowest BCUT2D eigenvalue weighted by Gasteiger charge is -2.10. The molecule has 0 atom stereocenters. The highest BCUT2D eigenvalue weighted by Gasteiger charge is 2.16. The number of nitrogens with one attached hydrogen (secondary N) is 3. The van der Waals surface area contributed by atoms with Crippen LogP contribution in [0.25, 0.3) is 55.7 Å². The molecule has 6 rings (SSSR count). The van der Waals surface area contributed by atoms with Crippen LogP contribution in [0, 0.1) is 0 Å². The molecule has 6 aromatic heterocycles. The molecule has 0 saturated heterocycles. The van der Waals surface area contributed by atoms with Gasteiger partial charge < -0.3 is 15.2 Å². The highest BCUT2D eigenvalue weighted by atomic mass is 16.2. The third-order valence-corrected chi connectivity index (χ3v) is 5.98. The summed E-state index contributed by atoms with van der Waals surface area (Å²) in [6.07, 6.45) is 10.4. The number of H-pyrrole nitrogens is 2. The Balaban J connectivity index is 1.38. The zero-order chi connectivity index (χ0) is 25.4. The zero-order valence-corrected chi connectivity index (χ0v) is 20.2. The van der Waals surface area contributed by atoms with Crippen molar-refractivity contribution >= 4 is 33.4 Å². The van der Waals surface area contributed by atoms with Crippen LogP contribution in [0.4, 0.5) is 5.69 Å². The van der Waals surface area contributed by atoms with Crippen molar-refractivity contribution in [2.24, 2.45) is 0 Å². The average molecular weight is 490 g/mol. The molecule has 0 aliphatic rings. The minimum absolute atomic E-state index is 0.107. The van der Waals surface area contributed by atoms with E-state index in [9.17, 15) is 4.79 Å². The first-order chi connectivity index (χ1) is 18.0. The summed E-state index contributed by atoms with van der Waals surface area (Å²) in [6.45, 7) is 0.287.